The molecule has 0 saturated heterocycles. The van der Waals surface area contributed by atoms with Gasteiger partial charge in [0.05, 0.1) is 0 Å². The number of hydrogen-bond acceptors (Lipinski definition) is 3. The lowest BCUT2D eigenvalue weighted by Gasteiger charge is -2.31. The quantitative estimate of drug-likeness (QED) is 0.877. The highest BCUT2D eigenvalue weighted by molar-refractivity contribution is 5.98. The Morgan fingerprint density at radius 3 is 2.75 bits per heavy atom. The molecule has 2 aliphatic rings. The lowest BCUT2D eigenvalue weighted by Crippen LogP contribution is -2.44. The van der Waals surface area contributed by atoms with Crippen molar-refractivity contribution in [2.75, 3.05) is 18.0 Å². The van der Waals surface area contributed by atoms with E-state index in [9.17, 15) is 9.59 Å². The summed E-state index contributed by atoms with van der Waals surface area (Å²) in [5, 5.41) is 3.16. The first-order valence-corrected chi connectivity index (χ1v) is 8.52. The molecule has 3 rings (SSSR count). The third-order valence-electron chi connectivity index (χ3n) is 5.15. The topological polar surface area (TPSA) is 75.4 Å². The van der Waals surface area contributed by atoms with E-state index in [1.165, 1.54) is 6.42 Å². The maximum atomic E-state index is 12.6. The summed E-state index contributed by atoms with van der Waals surface area (Å²) >= 11 is 0. The van der Waals surface area contributed by atoms with Crippen LogP contribution >= 0.6 is 12.4 Å². The van der Waals surface area contributed by atoms with Crippen molar-refractivity contribution in [1.82, 2.24) is 5.32 Å². The van der Waals surface area contributed by atoms with Gasteiger partial charge in [-0.15, -0.1) is 12.4 Å². The molecular weight excluding hydrogens is 326 g/mol. The van der Waals surface area contributed by atoms with Gasteiger partial charge in [0.1, 0.15) is 0 Å². The standard InChI is InChI=1S/C18H25N3O2.ClH/c1-12(22)21-9-8-13-10-14(6-7-17(13)21)18(23)20-16-5-3-2-4-15(16)11-19;/h6-7,10,15-16H,2-5,8-9,11,19H2,1H3,(H,20,23);1H. The van der Waals surface area contributed by atoms with Crippen molar-refractivity contribution in [3.63, 3.8) is 0 Å². The zero-order valence-corrected chi connectivity index (χ0v) is 14.9. The van der Waals surface area contributed by atoms with Crippen molar-refractivity contribution < 1.29 is 9.59 Å². The van der Waals surface area contributed by atoms with Crippen LogP contribution in [0.4, 0.5) is 5.69 Å². The summed E-state index contributed by atoms with van der Waals surface area (Å²) < 4.78 is 0. The molecule has 1 fully saturated rings. The summed E-state index contributed by atoms with van der Waals surface area (Å²) in [5.74, 6) is 0.406. The summed E-state index contributed by atoms with van der Waals surface area (Å²) in [4.78, 5) is 25.9. The van der Waals surface area contributed by atoms with Gasteiger partial charge in [0.25, 0.3) is 5.91 Å². The van der Waals surface area contributed by atoms with Crippen molar-refractivity contribution in [2.45, 2.75) is 45.1 Å². The lowest BCUT2D eigenvalue weighted by atomic mass is 9.84. The fraction of sp³-hybridized carbons (Fsp3) is 0.556. The Hall–Kier alpha value is -1.59. The van der Waals surface area contributed by atoms with E-state index in [1.54, 1.807) is 11.8 Å². The second-order valence-corrected chi connectivity index (χ2v) is 6.62. The third kappa shape index (κ3) is 3.73. The summed E-state index contributed by atoms with van der Waals surface area (Å²) in [5.41, 5.74) is 8.53. The zero-order valence-electron chi connectivity index (χ0n) is 14.1. The van der Waals surface area contributed by atoms with Gasteiger partial charge < -0.3 is 16.0 Å². The zero-order chi connectivity index (χ0) is 16.4. The van der Waals surface area contributed by atoms with E-state index in [1.807, 2.05) is 18.2 Å². The van der Waals surface area contributed by atoms with E-state index in [0.717, 1.165) is 36.9 Å². The Morgan fingerprint density at radius 1 is 1.29 bits per heavy atom. The highest BCUT2D eigenvalue weighted by Crippen LogP contribution is 2.29. The Labute approximate surface area is 149 Å². The molecule has 3 N–H and O–H groups in total. The number of nitrogens with one attached hydrogen (secondary N) is 1. The van der Waals surface area contributed by atoms with Gasteiger partial charge in [-0.3, -0.25) is 9.59 Å². The summed E-state index contributed by atoms with van der Waals surface area (Å²) in [6.07, 6.45) is 5.27. The highest BCUT2D eigenvalue weighted by atomic mass is 35.5. The van der Waals surface area contributed by atoms with Crippen LogP contribution in [0.1, 0.15) is 48.5 Å². The molecule has 1 aliphatic carbocycles. The van der Waals surface area contributed by atoms with Crippen LogP contribution in [0.5, 0.6) is 0 Å². The number of nitrogens with two attached hydrogens (primary N) is 1. The van der Waals surface area contributed by atoms with E-state index in [2.05, 4.69) is 5.32 Å². The number of carbonyl (C=O) groups excluding carboxylic acids is 2. The molecule has 24 heavy (non-hydrogen) atoms. The monoisotopic (exact) mass is 351 g/mol. The number of benzene rings is 1. The second-order valence-electron chi connectivity index (χ2n) is 6.62. The maximum absolute atomic E-state index is 12.6. The average Bonchev–Trinajstić information content (AvgIpc) is 2.98. The van der Waals surface area contributed by atoms with Gasteiger partial charge in [0.15, 0.2) is 0 Å². The number of fused-ring (bicyclic) bond motifs is 1. The summed E-state index contributed by atoms with van der Waals surface area (Å²) in [6, 6.07) is 5.81. The highest BCUT2D eigenvalue weighted by Gasteiger charge is 2.27. The van der Waals surface area contributed by atoms with Crippen LogP contribution in [0, 0.1) is 5.92 Å². The normalized spacial score (nSPS) is 22.5. The molecule has 1 aromatic rings. The van der Waals surface area contributed by atoms with Crippen molar-refractivity contribution in [3.05, 3.63) is 29.3 Å². The van der Waals surface area contributed by atoms with Crippen LogP contribution in [0.15, 0.2) is 18.2 Å². The van der Waals surface area contributed by atoms with Crippen molar-refractivity contribution in [2.24, 2.45) is 11.7 Å². The van der Waals surface area contributed by atoms with Gasteiger partial charge in [-0.2, -0.15) is 0 Å². The van der Waals surface area contributed by atoms with Gasteiger partial charge in [0.2, 0.25) is 5.91 Å². The van der Waals surface area contributed by atoms with E-state index in [-0.39, 0.29) is 30.3 Å². The first-order chi connectivity index (χ1) is 11.1. The van der Waals surface area contributed by atoms with Crippen molar-refractivity contribution in [1.29, 1.82) is 0 Å². The summed E-state index contributed by atoms with van der Waals surface area (Å²) in [6.45, 7) is 2.90. The van der Waals surface area contributed by atoms with Gasteiger partial charge in [0, 0.05) is 30.8 Å². The van der Waals surface area contributed by atoms with Crippen molar-refractivity contribution in [3.8, 4) is 0 Å². The number of rotatable bonds is 3. The van der Waals surface area contributed by atoms with E-state index in [4.69, 9.17) is 5.73 Å². The fourth-order valence-corrected chi connectivity index (χ4v) is 3.80. The van der Waals surface area contributed by atoms with Gasteiger partial charge in [-0.25, -0.2) is 0 Å². The molecule has 1 heterocycles. The molecule has 1 aromatic carbocycles. The predicted molar refractivity (Wildman–Crippen MR) is 97.7 cm³/mol. The van der Waals surface area contributed by atoms with Crippen LogP contribution in [0.3, 0.4) is 0 Å². The Bertz CT molecular complexity index is 620. The maximum Gasteiger partial charge on any atom is 0.251 e. The van der Waals surface area contributed by atoms with E-state index < -0.39 is 0 Å². The largest absolute Gasteiger partial charge is 0.349 e. The summed E-state index contributed by atoms with van der Waals surface area (Å²) in [7, 11) is 0. The number of amides is 2. The van der Waals surface area contributed by atoms with Crippen LogP contribution in [0.2, 0.25) is 0 Å². The minimum absolute atomic E-state index is 0. The lowest BCUT2D eigenvalue weighted by molar-refractivity contribution is -0.116. The van der Waals surface area contributed by atoms with Crippen LogP contribution in [0.25, 0.3) is 0 Å². The second kappa shape index (κ2) is 7.99. The molecule has 2 amide bonds. The molecule has 1 aliphatic heterocycles. The molecule has 0 spiro atoms. The van der Waals surface area contributed by atoms with Crippen LogP contribution in [-0.4, -0.2) is 30.9 Å². The number of nitrogens with zero attached hydrogens (tertiary/aromatic N) is 1. The predicted octanol–water partition coefficient (Wildman–Crippen LogP) is 2.26. The van der Waals surface area contributed by atoms with Crippen molar-refractivity contribution >= 4 is 29.9 Å². The minimum Gasteiger partial charge on any atom is -0.349 e. The van der Waals surface area contributed by atoms with E-state index >= 15 is 0 Å². The molecular formula is C18H26ClN3O2. The first-order valence-electron chi connectivity index (χ1n) is 8.52. The molecule has 0 bridgehead atoms. The van der Waals surface area contributed by atoms with Gasteiger partial charge in [-0.1, -0.05) is 12.8 Å². The fourth-order valence-electron chi connectivity index (χ4n) is 3.80. The Kier molecular flexibility index (Phi) is 6.24. The molecule has 132 valence electrons. The van der Waals surface area contributed by atoms with Crippen LogP contribution < -0.4 is 16.0 Å². The smallest absolute Gasteiger partial charge is 0.251 e. The Balaban J connectivity index is 0.00000208. The number of halogens is 1. The number of hydrogen-bond donors (Lipinski definition) is 2. The molecule has 6 heteroatoms. The minimum atomic E-state index is -0.0283. The molecule has 2 atom stereocenters. The third-order valence-corrected chi connectivity index (χ3v) is 5.15. The van der Waals surface area contributed by atoms with Crippen LogP contribution in [-0.2, 0) is 11.2 Å². The molecule has 0 radical (unpaired) electrons. The Morgan fingerprint density at radius 2 is 2.04 bits per heavy atom. The molecule has 0 aromatic heterocycles. The first kappa shape index (κ1) is 18.7. The number of carbonyl (C=O) groups is 2. The SMILES string of the molecule is CC(=O)N1CCc2cc(C(=O)NC3CCCCC3CN)ccc21.Cl. The molecule has 2 unspecified atom stereocenters. The molecule has 5 nitrogen and oxygen atoms in total. The van der Waals surface area contributed by atoms with E-state index in [0.29, 0.717) is 24.6 Å². The van der Waals surface area contributed by atoms with Gasteiger partial charge >= 0.3 is 0 Å². The average molecular weight is 352 g/mol. The van der Waals surface area contributed by atoms with Gasteiger partial charge in [-0.05, 0) is 55.5 Å². The number of anilines is 1. The molecule has 1 saturated carbocycles.